The molecule has 0 amide bonds. The van der Waals surface area contributed by atoms with E-state index in [9.17, 15) is 0 Å². The van der Waals surface area contributed by atoms with Gasteiger partial charge in [0.1, 0.15) is 0 Å². The van der Waals surface area contributed by atoms with Crippen molar-refractivity contribution in [2.75, 3.05) is 26.9 Å². The lowest BCUT2D eigenvalue weighted by atomic mass is 10.3. The molecule has 1 aromatic rings. The van der Waals surface area contributed by atoms with Gasteiger partial charge in [-0.05, 0) is 33.3 Å². The van der Waals surface area contributed by atoms with Gasteiger partial charge in [0.05, 0.1) is 0 Å². The van der Waals surface area contributed by atoms with Crippen molar-refractivity contribution in [1.82, 2.24) is 4.90 Å². The lowest BCUT2D eigenvalue weighted by Gasteiger charge is -1.90. The summed E-state index contributed by atoms with van der Waals surface area (Å²) in [6.07, 6.45) is 0. The van der Waals surface area contributed by atoms with Crippen molar-refractivity contribution in [2.24, 2.45) is 0 Å². The Morgan fingerprint density at radius 2 is 1.33 bits per heavy atom. The summed E-state index contributed by atoms with van der Waals surface area (Å²) in [6.45, 7) is 0. The Morgan fingerprint density at radius 1 is 1.00 bits per heavy atom. The van der Waals surface area contributed by atoms with E-state index in [1.165, 1.54) is 0 Å². The highest BCUT2D eigenvalue weighted by molar-refractivity contribution is 8.93. The highest BCUT2D eigenvalue weighted by atomic mass is 79.9. The minimum absolute atomic E-state index is 0. The molecule has 3 heteroatoms. The number of rotatable bonds is 0. The number of anilines is 1. The van der Waals surface area contributed by atoms with Gasteiger partial charge >= 0.3 is 0 Å². The van der Waals surface area contributed by atoms with Crippen LogP contribution in [0.25, 0.3) is 0 Å². The molecule has 0 fully saturated rings. The van der Waals surface area contributed by atoms with Gasteiger partial charge in [0.2, 0.25) is 0 Å². The SMILES string of the molecule is Br.CN(C)C.Nc1ccccc1. The lowest BCUT2D eigenvalue weighted by Crippen LogP contribution is -1.99. The molecule has 0 radical (unpaired) electrons. The number of hydrogen-bond donors (Lipinski definition) is 1. The van der Waals surface area contributed by atoms with Gasteiger partial charge in [-0.1, -0.05) is 18.2 Å². The summed E-state index contributed by atoms with van der Waals surface area (Å²) < 4.78 is 0. The Labute approximate surface area is 85.1 Å². The first-order valence-corrected chi connectivity index (χ1v) is 3.54. The van der Waals surface area contributed by atoms with Crippen molar-refractivity contribution >= 4 is 22.7 Å². The molecule has 0 aliphatic rings. The number of para-hydroxylation sites is 1. The molecular weight excluding hydrogens is 216 g/mol. The monoisotopic (exact) mass is 232 g/mol. The molecule has 0 saturated carbocycles. The molecule has 0 aliphatic carbocycles. The van der Waals surface area contributed by atoms with E-state index < -0.39 is 0 Å². The van der Waals surface area contributed by atoms with Crippen LogP contribution < -0.4 is 5.73 Å². The Balaban J connectivity index is 0. The van der Waals surface area contributed by atoms with E-state index in [1.807, 2.05) is 56.4 Å². The second kappa shape index (κ2) is 8.56. The molecule has 0 heterocycles. The van der Waals surface area contributed by atoms with Crippen LogP contribution in [0.2, 0.25) is 0 Å². The van der Waals surface area contributed by atoms with Crippen molar-refractivity contribution in [3.05, 3.63) is 30.3 Å². The lowest BCUT2D eigenvalue weighted by molar-refractivity contribution is 0.505. The molecule has 0 aliphatic heterocycles. The van der Waals surface area contributed by atoms with Crippen LogP contribution in [-0.4, -0.2) is 26.0 Å². The van der Waals surface area contributed by atoms with Crippen molar-refractivity contribution in [3.8, 4) is 0 Å². The van der Waals surface area contributed by atoms with Crippen LogP contribution in [0.1, 0.15) is 0 Å². The average molecular weight is 233 g/mol. The number of hydrogen-bond acceptors (Lipinski definition) is 2. The largest absolute Gasteiger partial charge is 0.399 e. The van der Waals surface area contributed by atoms with Crippen LogP contribution in [0.3, 0.4) is 0 Å². The fourth-order valence-corrected chi connectivity index (χ4v) is 0.453. The second-order valence-electron chi connectivity index (χ2n) is 2.75. The summed E-state index contributed by atoms with van der Waals surface area (Å²) in [5, 5.41) is 0. The fraction of sp³-hybridized carbons (Fsp3) is 0.333. The summed E-state index contributed by atoms with van der Waals surface area (Å²) in [5.41, 5.74) is 6.18. The maximum Gasteiger partial charge on any atom is 0.0313 e. The molecule has 0 bridgehead atoms. The fourth-order valence-electron chi connectivity index (χ4n) is 0.453. The molecule has 0 unspecified atom stereocenters. The molecule has 0 spiro atoms. The topological polar surface area (TPSA) is 29.3 Å². The Morgan fingerprint density at radius 3 is 1.50 bits per heavy atom. The standard InChI is InChI=1S/C6H7N.C3H9N.BrH/c7-6-4-2-1-3-5-6;1-4(2)3;/h1-5H,7H2;1-3H3;1H. The molecule has 1 aromatic carbocycles. The molecule has 0 aromatic heterocycles. The van der Waals surface area contributed by atoms with E-state index in [0.29, 0.717) is 0 Å². The van der Waals surface area contributed by atoms with Crippen molar-refractivity contribution in [3.63, 3.8) is 0 Å². The van der Waals surface area contributed by atoms with Crippen molar-refractivity contribution in [1.29, 1.82) is 0 Å². The van der Waals surface area contributed by atoms with E-state index in [4.69, 9.17) is 5.73 Å². The normalized spacial score (nSPS) is 8.00. The summed E-state index contributed by atoms with van der Waals surface area (Å²) >= 11 is 0. The van der Waals surface area contributed by atoms with Crippen LogP contribution in [-0.2, 0) is 0 Å². The molecule has 0 atom stereocenters. The Kier molecular flexibility index (Phi) is 9.99. The quantitative estimate of drug-likeness (QED) is 0.694. The van der Waals surface area contributed by atoms with Crippen molar-refractivity contribution < 1.29 is 0 Å². The first-order chi connectivity index (χ1) is 5.13. The number of benzene rings is 1. The third-order valence-corrected chi connectivity index (χ3v) is 0.800. The van der Waals surface area contributed by atoms with Gasteiger partial charge in [-0.25, -0.2) is 0 Å². The van der Waals surface area contributed by atoms with E-state index in [1.54, 1.807) is 0 Å². The highest BCUT2D eigenvalue weighted by Crippen LogP contribution is 1.95. The maximum absolute atomic E-state index is 5.36. The third-order valence-electron chi connectivity index (χ3n) is 0.800. The molecule has 1 rings (SSSR count). The predicted octanol–water partition coefficient (Wildman–Crippen LogP) is 2.02. The summed E-state index contributed by atoms with van der Waals surface area (Å²) in [5.74, 6) is 0. The predicted molar refractivity (Wildman–Crippen MR) is 60.8 cm³/mol. The van der Waals surface area contributed by atoms with Gasteiger partial charge in [-0.2, -0.15) is 0 Å². The minimum Gasteiger partial charge on any atom is -0.399 e. The molecular formula is C9H17BrN2. The summed E-state index contributed by atoms with van der Waals surface area (Å²) in [6, 6.07) is 9.49. The van der Waals surface area contributed by atoms with Gasteiger partial charge < -0.3 is 10.6 Å². The third kappa shape index (κ3) is 12.2. The number of nitrogen functional groups attached to an aromatic ring is 1. The molecule has 0 saturated heterocycles. The summed E-state index contributed by atoms with van der Waals surface area (Å²) in [4.78, 5) is 2.00. The van der Waals surface area contributed by atoms with Crippen LogP contribution >= 0.6 is 17.0 Å². The maximum atomic E-state index is 5.36. The first kappa shape index (κ1) is 14.0. The molecule has 2 nitrogen and oxygen atoms in total. The zero-order chi connectivity index (χ0) is 8.69. The van der Waals surface area contributed by atoms with Gasteiger partial charge in [0.25, 0.3) is 0 Å². The Hall–Kier alpha value is -0.540. The number of halogens is 1. The number of nitrogens with zero attached hydrogens (tertiary/aromatic N) is 1. The smallest absolute Gasteiger partial charge is 0.0313 e. The minimum atomic E-state index is 0. The first-order valence-electron chi connectivity index (χ1n) is 3.54. The molecule has 12 heavy (non-hydrogen) atoms. The number of nitrogens with two attached hydrogens (primary N) is 1. The highest BCUT2D eigenvalue weighted by Gasteiger charge is 1.72. The van der Waals surface area contributed by atoms with E-state index >= 15 is 0 Å². The zero-order valence-corrected chi connectivity index (χ0v) is 9.53. The van der Waals surface area contributed by atoms with E-state index in [0.717, 1.165) is 5.69 Å². The van der Waals surface area contributed by atoms with E-state index in [2.05, 4.69) is 0 Å². The van der Waals surface area contributed by atoms with Crippen LogP contribution in [0.15, 0.2) is 30.3 Å². The van der Waals surface area contributed by atoms with Crippen LogP contribution in [0.4, 0.5) is 5.69 Å². The van der Waals surface area contributed by atoms with Gasteiger partial charge in [-0.3, -0.25) is 0 Å². The zero-order valence-electron chi connectivity index (χ0n) is 7.82. The van der Waals surface area contributed by atoms with E-state index in [-0.39, 0.29) is 17.0 Å². The second-order valence-corrected chi connectivity index (χ2v) is 2.75. The van der Waals surface area contributed by atoms with Gasteiger partial charge in [0.15, 0.2) is 0 Å². The summed E-state index contributed by atoms with van der Waals surface area (Å²) in [7, 11) is 6.00. The molecule has 70 valence electrons. The van der Waals surface area contributed by atoms with Gasteiger partial charge in [0, 0.05) is 5.69 Å². The Bertz CT molecular complexity index is 172. The average Bonchev–Trinajstić information content (AvgIpc) is 1.87. The van der Waals surface area contributed by atoms with Gasteiger partial charge in [-0.15, -0.1) is 17.0 Å². The molecule has 2 N–H and O–H groups in total. The van der Waals surface area contributed by atoms with Crippen LogP contribution in [0, 0.1) is 0 Å². The van der Waals surface area contributed by atoms with Crippen LogP contribution in [0.5, 0.6) is 0 Å². The van der Waals surface area contributed by atoms with Crippen molar-refractivity contribution in [2.45, 2.75) is 0 Å².